The molecule has 0 saturated carbocycles. The lowest BCUT2D eigenvalue weighted by Gasteiger charge is -2.19. The number of nitro groups is 1. The third-order valence-corrected chi connectivity index (χ3v) is 5.88. The lowest BCUT2D eigenvalue weighted by atomic mass is 10.0. The summed E-state index contributed by atoms with van der Waals surface area (Å²) in [4.78, 5) is 22.4. The number of benzene rings is 2. The molecule has 0 amide bonds. The van der Waals surface area contributed by atoms with E-state index >= 15 is 0 Å². The molecule has 0 aliphatic carbocycles. The Morgan fingerprint density at radius 1 is 1.08 bits per heavy atom. The van der Waals surface area contributed by atoms with E-state index in [4.69, 9.17) is 0 Å². The number of halogens is 7. The summed E-state index contributed by atoms with van der Waals surface area (Å²) in [5.74, 6) is -3.50. The number of aromatic nitrogens is 2. The molecule has 0 saturated heterocycles. The number of aryl methyl sites for hydroxylation is 1. The van der Waals surface area contributed by atoms with Crippen LogP contribution in [0.3, 0.4) is 0 Å². The van der Waals surface area contributed by atoms with Crippen molar-refractivity contribution in [2.45, 2.75) is 24.7 Å². The summed E-state index contributed by atoms with van der Waals surface area (Å²) in [5, 5.41) is 16.5. The molecule has 0 spiro atoms. The Hall–Kier alpha value is -3.96. The van der Waals surface area contributed by atoms with Gasteiger partial charge in [0.05, 0.1) is 21.9 Å². The number of hydrogen-bond acceptors (Lipinski definition) is 8. The van der Waals surface area contributed by atoms with Crippen molar-refractivity contribution in [1.82, 2.24) is 9.78 Å². The fraction of sp³-hybridized carbons (Fsp3) is 0.263. The minimum atomic E-state index is -6.31. The molecule has 0 bridgehead atoms. The van der Waals surface area contributed by atoms with Crippen molar-refractivity contribution in [1.29, 1.82) is 0 Å². The van der Waals surface area contributed by atoms with E-state index < -0.39 is 77.7 Å². The van der Waals surface area contributed by atoms with Gasteiger partial charge in [-0.25, -0.2) is 9.07 Å². The largest absolute Gasteiger partial charge is 0.534 e. The maximum Gasteiger partial charge on any atom is 0.534 e. The molecule has 0 unspecified atom stereocenters. The zero-order valence-corrected chi connectivity index (χ0v) is 19.1. The van der Waals surface area contributed by atoms with Crippen LogP contribution in [0.2, 0.25) is 0 Å². The van der Waals surface area contributed by atoms with Gasteiger partial charge in [-0.05, 0) is 30.7 Å². The van der Waals surface area contributed by atoms with Crippen LogP contribution in [0, 0.1) is 15.9 Å². The SMILES string of the molecule is C[C@@H](Nc1nn(C)c(=O)c2cc(F)c(OS(=O)(=O)C(F)(F)F)cc12)c1cc([N+](=O)[O-])cc(C(F)(F)F)c1. The fourth-order valence-electron chi connectivity index (χ4n) is 3.13. The number of hydrogen-bond donors (Lipinski definition) is 1. The second kappa shape index (κ2) is 9.16. The van der Waals surface area contributed by atoms with Crippen LogP contribution in [-0.4, -0.2) is 28.6 Å². The topological polar surface area (TPSA) is 133 Å². The quantitative estimate of drug-likeness (QED) is 0.155. The Morgan fingerprint density at radius 2 is 1.70 bits per heavy atom. The summed E-state index contributed by atoms with van der Waals surface area (Å²) in [7, 11) is -5.20. The number of non-ortho nitro benzene ring substituents is 1. The van der Waals surface area contributed by atoms with Crippen LogP contribution in [0.25, 0.3) is 10.8 Å². The first-order valence-electron chi connectivity index (χ1n) is 9.66. The zero-order valence-electron chi connectivity index (χ0n) is 18.3. The van der Waals surface area contributed by atoms with Crippen LogP contribution in [0.5, 0.6) is 5.75 Å². The number of nitro benzene ring substituents is 1. The van der Waals surface area contributed by atoms with E-state index in [0.717, 1.165) is 13.1 Å². The van der Waals surface area contributed by atoms with Gasteiger partial charge in [0, 0.05) is 24.6 Å². The molecule has 18 heteroatoms. The van der Waals surface area contributed by atoms with Gasteiger partial charge in [0.2, 0.25) is 0 Å². The Kier molecular flexibility index (Phi) is 6.84. The first-order chi connectivity index (χ1) is 16.8. The molecule has 0 aliphatic rings. The van der Waals surface area contributed by atoms with Crippen LogP contribution in [-0.2, 0) is 23.3 Å². The summed E-state index contributed by atoms with van der Waals surface area (Å²) < 4.78 is 119. The van der Waals surface area contributed by atoms with Gasteiger partial charge < -0.3 is 9.50 Å². The van der Waals surface area contributed by atoms with E-state index in [1.165, 1.54) is 6.92 Å². The summed E-state index contributed by atoms with van der Waals surface area (Å²) in [6, 6.07) is 1.35. The smallest absolute Gasteiger partial charge is 0.373 e. The second-order valence-electron chi connectivity index (χ2n) is 7.52. The van der Waals surface area contributed by atoms with Crippen molar-refractivity contribution in [3.05, 3.63) is 67.7 Å². The van der Waals surface area contributed by atoms with Crippen molar-refractivity contribution in [3.63, 3.8) is 0 Å². The maximum absolute atomic E-state index is 14.4. The van der Waals surface area contributed by atoms with E-state index in [2.05, 4.69) is 14.6 Å². The Morgan fingerprint density at radius 3 is 2.24 bits per heavy atom. The van der Waals surface area contributed by atoms with Gasteiger partial charge >= 0.3 is 21.8 Å². The van der Waals surface area contributed by atoms with Crippen LogP contribution in [0.1, 0.15) is 24.1 Å². The Labute approximate surface area is 201 Å². The van der Waals surface area contributed by atoms with Gasteiger partial charge in [-0.15, -0.1) is 0 Å². The molecule has 1 heterocycles. The molecule has 200 valence electrons. The normalized spacial score (nSPS) is 13.4. The highest BCUT2D eigenvalue weighted by atomic mass is 32.2. The van der Waals surface area contributed by atoms with Crippen molar-refractivity contribution >= 4 is 32.4 Å². The summed E-state index contributed by atoms with van der Waals surface area (Å²) in [6.07, 6.45) is -4.95. The monoisotopic (exact) mass is 558 g/mol. The van der Waals surface area contributed by atoms with E-state index in [0.29, 0.717) is 28.9 Å². The molecule has 10 nitrogen and oxygen atoms in total. The Bertz CT molecular complexity index is 1570. The van der Waals surface area contributed by atoms with Crippen LogP contribution in [0.4, 0.5) is 42.2 Å². The zero-order chi connectivity index (χ0) is 28.1. The van der Waals surface area contributed by atoms with Crippen molar-refractivity contribution in [2.75, 3.05) is 5.32 Å². The first-order valence-corrected chi connectivity index (χ1v) is 11.1. The predicted molar refractivity (Wildman–Crippen MR) is 113 cm³/mol. The summed E-state index contributed by atoms with van der Waals surface area (Å²) in [5.41, 5.74) is -9.39. The number of nitrogens with zero attached hydrogens (tertiary/aromatic N) is 3. The number of anilines is 1. The van der Waals surface area contributed by atoms with Crippen LogP contribution >= 0.6 is 0 Å². The molecule has 2 aromatic carbocycles. The molecular formula is C19H13F7N4O6S. The van der Waals surface area contributed by atoms with E-state index in [1.54, 1.807) is 0 Å². The van der Waals surface area contributed by atoms with Gasteiger partial charge in [-0.3, -0.25) is 14.9 Å². The molecule has 1 aromatic heterocycles. The molecule has 3 aromatic rings. The highest BCUT2D eigenvalue weighted by molar-refractivity contribution is 7.88. The average molecular weight is 558 g/mol. The first kappa shape index (κ1) is 27.6. The van der Waals surface area contributed by atoms with Gasteiger partial charge in [-0.2, -0.15) is 39.9 Å². The predicted octanol–water partition coefficient (Wildman–Crippen LogP) is 4.40. The third kappa shape index (κ3) is 5.57. The number of fused-ring (bicyclic) bond motifs is 1. The molecule has 1 atom stereocenters. The molecule has 0 fully saturated rings. The van der Waals surface area contributed by atoms with E-state index in [9.17, 15) is 54.1 Å². The summed E-state index contributed by atoms with van der Waals surface area (Å²) in [6.45, 7) is 1.24. The second-order valence-corrected chi connectivity index (χ2v) is 9.06. The lowest BCUT2D eigenvalue weighted by molar-refractivity contribution is -0.385. The van der Waals surface area contributed by atoms with Gasteiger partial charge in [0.1, 0.15) is 0 Å². The molecule has 1 N–H and O–H groups in total. The summed E-state index contributed by atoms with van der Waals surface area (Å²) >= 11 is 0. The molecule has 0 aliphatic heterocycles. The molecule has 0 radical (unpaired) electrons. The molecule has 3 rings (SSSR count). The van der Waals surface area contributed by atoms with E-state index in [-0.39, 0.29) is 5.56 Å². The van der Waals surface area contributed by atoms with Crippen molar-refractivity contribution < 1.29 is 48.3 Å². The van der Waals surface area contributed by atoms with Crippen molar-refractivity contribution in [2.24, 2.45) is 7.05 Å². The standard InChI is InChI=1S/C19H13F7N4O6S/c1-8(9-3-10(18(21,22)23)5-11(4-9)30(32)33)27-16-12-7-15(36-37(34,35)19(24,25)26)14(20)6-13(12)17(31)29(2)28-16/h3-8H,1-2H3,(H,27,28)/t8-/m1/s1. The van der Waals surface area contributed by atoms with E-state index in [1.807, 2.05) is 0 Å². The van der Waals surface area contributed by atoms with Gasteiger partial charge in [0.25, 0.3) is 11.2 Å². The van der Waals surface area contributed by atoms with Gasteiger partial charge in [-0.1, -0.05) is 0 Å². The number of nitrogens with one attached hydrogen (secondary N) is 1. The van der Waals surface area contributed by atoms with Crippen molar-refractivity contribution in [3.8, 4) is 5.75 Å². The molecular weight excluding hydrogens is 545 g/mol. The molecule has 37 heavy (non-hydrogen) atoms. The Balaban J connectivity index is 2.16. The van der Waals surface area contributed by atoms with Gasteiger partial charge in [0.15, 0.2) is 17.4 Å². The third-order valence-electron chi connectivity index (χ3n) is 4.92. The lowest BCUT2D eigenvalue weighted by Crippen LogP contribution is -2.28. The average Bonchev–Trinajstić information content (AvgIpc) is 2.76. The highest BCUT2D eigenvalue weighted by Gasteiger charge is 2.49. The van der Waals surface area contributed by atoms with Crippen LogP contribution < -0.4 is 15.1 Å². The minimum Gasteiger partial charge on any atom is -0.373 e. The minimum absolute atomic E-state index is 0.274. The number of rotatable bonds is 6. The van der Waals surface area contributed by atoms with Crippen LogP contribution in [0.15, 0.2) is 35.1 Å². The number of alkyl halides is 6. The maximum atomic E-state index is 14.4. The fourth-order valence-corrected chi connectivity index (χ4v) is 3.59. The highest BCUT2D eigenvalue weighted by Crippen LogP contribution is 2.36.